The van der Waals surface area contributed by atoms with Crippen molar-refractivity contribution >= 4 is 5.91 Å². The summed E-state index contributed by atoms with van der Waals surface area (Å²) in [7, 11) is 2.96. The van der Waals surface area contributed by atoms with E-state index >= 15 is 0 Å². The summed E-state index contributed by atoms with van der Waals surface area (Å²) >= 11 is 0. The van der Waals surface area contributed by atoms with Crippen molar-refractivity contribution in [3.05, 3.63) is 34.2 Å². The Bertz CT molecular complexity index is 612. The van der Waals surface area contributed by atoms with Gasteiger partial charge in [-0.1, -0.05) is 0 Å². The zero-order valence-electron chi connectivity index (χ0n) is 12.4. The fourth-order valence-electron chi connectivity index (χ4n) is 2.64. The maximum Gasteiger partial charge on any atom is 0.404 e. The number of likely N-dealkylation sites (N-methyl/N-ethyl adjacent to an activating group) is 1. The number of aryl methyl sites for hydroxylation is 1. The minimum atomic E-state index is -4.25. The molecule has 2 rings (SSSR count). The Morgan fingerprint density at radius 2 is 2.00 bits per heavy atom. The van der Waals surface area contributed by atoms with Gasteiger partial charge in [0.05, 0.1) is 0 Å². The number of hydrogen-bond acceptors (Lipinski definition) is 3. The fraction of sp³-hybridized carbons (Fsp3) is 0.571. The van der Waals surface area contributed by atoms with Crippen molar-refractivity contribution in [2.75, 3.05) is 13.6 Å². The summed E-state index contributed by atoms with van der Waals surface area (Å²) < 4.78 is 39.6. The quantitative estimate of drug-likeness (QED) is 0.890. The first-order chi connectivity index (χ1) is 10.2. The average molecular weight is 317 g/mol. The van der Waals surface area contributed by atoms with E-state index in [1.165, 1.54) is 34.8 Å². The van der Waals surface area contributed by atoms with E-state index in [1.807, 2.05) is 0 Å². The third-order valence-electron chi connectivity index (χ3n) is 3.91. The molecule has 1 fully saturated rings. The van der Waals surface area contributed by atoms with Gasteiger partial charge in [0.15, 0.2) is 0 Å². The summed E-state index contributed by atoms with van der Waals surface area (Å²) in [6.07, 6.45) is -2.58. The van der Waals surface area contributed by atoms with Crippen LogP contribution in [0.1, 0.15) is 23.2 Å². The van der Waals surface area contributed by atoms with Gasteiger partial charge in [-0.05, 0) is 26.0 Å². The van der Waals surface area contributed by atoms with Crippen molar-refractivity contribution in [1.82, 2.24) is 14.8 Å². The number of hydrogen-bond donors (Lipinski definition) is 1. The number of nitrogens with one attached hydrogen (secondary N) is 1. The largest absolute Gasteiger partial charge is 0.404 e. The SMILES string of the molecule is CN1C[C@@H](NC(=O)c2ccn(C)c(=O)c2)CC[C@H]1C(F)(F)F. The lowest BCUT2D eigenvalue weighted by Gasteiger charge is -2.38. The molecule has 0 aromatic carbocycles. The van der Waals surface area contributed by atoms with Gasteiger partial charge in [0.1, 0.15) is 6.04 Å². The van der Waals surface area contributed by atoms with Crippen molar-refractivity contribution in [3.63, 3.8) is 0 Å². The van der Waals surface area contributed by atoms with Crippen LogP contribution in [0.25, 0.3) is 0 Å². The molecule has 0 bridgehead atoms. The van der Waals surface area contributed by atoms with Gasteiger partial charge in [0, 0.05) is 37.5 Å². The van der Waals surface area contributed by atoms with Gasteiger partial charge in [-0.15, -0.1) is 0 Å². The summed E-state index contributed by atoms with van der Waals surface area (Å²) in [4.78, 5) is 24.8. The van der Waals surface area contributed by atoms with Gasteiger partial charge < -0.3 is 9.88 Å². The molecular weight excluding hydrogens is 299 g/mol. The Kier molecular flexibility index (Phi) is 4.60. The van der Waals surface area contributed by atoms with Crippen LogP contribution in [0.4, 0.5) is 13.2 Å². The Labute approximate surface area is 125 Å². The zero-order chi connectivity index (χ0) is 16.5. The highest BCUT2D eigenvalue weighted by molar-refractivity contribution is 5.94. The molecule has 0 spiro atoms. The van der Waals surface area contributed by atoms with E-state index in [4.69, 9.17) is 0 Å². The first kappa shape index (κ1) is 16.5. The van der Waals surface area contributed by atoms with Crippen molar-refractivity contribution in [1.29, 1.82) is 0 Å². The van der Waals surface area contributed by atoms with Gasteiger partial charge in [-0.25, -0.2) is 0 Å². The van der Waals surface area contributed by atoms with Crippen LogP contribution >= 0.6 is 0 Å². The van der Waals surface area contributed by atoms with Crippen molar-refractivity contribution < 1.29 is 18.0 Å². The molecule has 122 valence electrons. The van der Waals surface area contributed by atoms with E-state index in [9.17, 15) is 22.8 Å². The first-order valence-electron chi connectivity index (χ1n) is 6.93. The Morgan fingerprint density at radius 1 is 1.32 bits per heavy atom. The minimum absolute atomic E-state index is 0.0541. The number of amides is 1. The van der Waals surface area contributed by atoms with Crippen LogP contribution in [0.15, 0.2) is 23.1 Å². The molecule has 1 aliphatic heterocycles. The molecular formula is C14H18F3N3O2. The third kappa shape index (κ3) is 3.68. The Morgan fingerprint density at radius 3 is 2.55 bits per heavy atom. The number of nitrogens with zero attached hydrogens (tertiary/aromatic N) is 2. The smallest absolute Gasteiger partial charge is 0.348 e. The molecule has 1 saturated heterocycles. The second kappa shape index (κ2) is 6.12. The molecule has 1 amide bonds. The molecule has 0 saturated carbocycles. The molecule has 0 aliphatic carbocycles. The monoisotopic (exact) mass is 317 g/mol. The number of aromatic nitrogens is 1. The lowest BCUT2D eigenvalue weighted by Crippen LogP contribution is -2.54. The highest BCUT2D eigenvalue weighted by Gasteiger charge is 2.44. The fourth-order valence-corrected chi connectivity index (χ4v) is 2.64. The summed E-state index contributed by atoms with van der Waals surface area (Å²) in [5, 5.41) is 2.69. The lowest BCUT2D eigenvalue weighted by molar-refractivity contribution is -0.188. The van der Waals surface area contributed by atoms with Crippen LogP contribution < -0.4 is 10.9 Å². The third-order valence-corrected chi connectivity index (χ3v) is 3.91. The molecule has 1 N–H and O–H groups in total. The highest BCUT2D eigenvalue weighted by Crippen LogP contribution is 2.30. The molecule has 22 heavy (non-hydrogen) atoms. The summed E-state index contributed by atoms with van der Waals surface area (Å²) in [6.45, 7) is 0.126. The molecule has 2 atom stereocenters. The maximum absolute atomic E-state index is 12.8. The van der Waals surface area contributed by atoms with E-state index in [0.29, 0.717) is 0 Å². The average Bonchev–Trinajstić information content (AvgIpc) is 2.40. The number of likely N-dealkylation sites (tertiary alicyclic amines) is 1. The highest BCUT2D eigenvalue weighted by atomic mass is 19.4. The van der Waals surface area contributed by atoms with E-state index in [0.717, 1.165) is 0 Å². The number of rotatable bonds is 2. The molecule has 1 aliphatic rings. The van der Waals surface area contributed by atoms with Gasteiger partial charge in [0.2, 0.25) is 0 Å². The summed E-state index contributed by atoms with van der Waals surface area (Å²) in [5.41, 5.74) is -0.103. The maximum atomic E-state index is 12.8. The number of halogens is 3. The second-order valence-corrected chi connectivity index (χ2v) is 5.61. The van der Waals surface area contributed by atoms with Gasteiger partial charge in [-0.2, -0.15) is 13.2 Å². The van der Waals surface area contributed by atoms with E-state index in [2.05, 4.69) is 5.32 Å². The normalized spacial score (nSPS) is 23.3. The van der Waals surface area contributed by atoms with Crippen LogP contribution in [0.2, 0.25) is 0 Å². The number of carbonyl (C=O) groups excluding carboxylic acids is 1. The number of alkyl halides is 3. The van der Waals surface area contributed by atoms with E-state index in [1.54, 1.807) is 7.05 Å². The van der Waals surface area contributed by atoms with Gasteiger partial charge in [0.25, 0.3) is 11.5 Å². The van der Waals surface area contributed by atoms with Crippen molar-refractivity contribution in [2.24, 2.45) is 7.05 Å². The Balaban J connectivity index is 1.99. The van der Waals surface area contributed by atoms with Gasteiger partial charge in [-0.3, -0.25) is 14.5 Å². The predicted octanol–water partition coefficient (Wildman–Crippen LogP) is 1.14. The molecule has 5 nitrogen and oxygen atoms in total. The van der Waals surface area contributed by atoms with Crippen molar-refractivity contribution in [3.8, 4) is 0 Å². The molecule has 0 unspecified atom stereocenters. The van der Waals surface area contributed by atoms with Crippen LogP contribution in [0.5, 0.6) is 0 Å². The molecule has 8 heteroatoms. The topological polar surface area (TPSA) is 54.3 Å². The number of piperidine rings is 1. The van der Waals surface area contributed by atoms with Crippen LogP contribution in [0, 0.1) is 0 Å². The number of pyridine rings is 1. The number of carbonyl (C=O) groups is 1. The molecule has 2 heterocycles. The minimum Gasteiger partial charge on any atom is -0.348 e. The Hall–Kier alpha value is -1.83. The second-order valence-electron chi connectivity index (χ2n) is 5.61. The zero-order valence-corrected chi connectivity index (χ0v) is 12.4. The van der Waals surface area contributed by atoms with Crippen LogP contribution in [0.3, 0.4) is 0 Å². The van der Waals surface area contributed by atoms with E-state index in [-0.39, 0.29) is 36.6 Å². The van der Waals surface area contributed by atoms with Crippen molar-refractivity contribution in [2.45, 2.75) is 31.1 Å². The lowest BCUT2D eigenvalue weighted by atomic mass is 9.98. The van der Waals surface area contributed by atoms with Gasteiger partial charge >= 0.3 is 6.18 Å². The first-order valence-corrected chi connectivity index (χ1v) is 6.93. The predicted molar refractivity (Wildman–Crippen MR) is 74.6 cm³/mol. The van der Waals surface area contributed by atoms with E-state index < -0.39 is 18.1 Å². The summed E-state index contributed by atoms with van der Waals surface area (Å²) in [5.74, 6) is -0.443. The molecule has 1 aromatic heterocycles. The van der Waals surface area contributed by atoms with Crippen LogP contribution in [-0.4, -0.2) is 47.2 Å². The summed E-state index contributed by atoms with van der Waals surface area (Å²) in [6, 6.07) is 0.882. The molecule has 0 radical (unpaired) electrons. The standard InChI is InChI=1S/C14H18F3N3O2/c1-19-6-5-9(7-12(19)21)13(22)18-10-3-4-11(14(15,16)17)20(2)8-10/h5-7,10-11H,3-4,8H2,1-2H3,(H,18,22)/t10-,11-/m0/s1. The molecule has 1 aromatic rings. The van der Waals surface area contributed by atoms with Crippen LogP contribution in [-0.2, 0) is 7.05 Å².